The Labute approximate surface area is 159 Å². The van der Waals surface area contributed by atoms with Crippen molar-refractivity contribution < 1.29 is 27.8 Å². The molecule has 0 heterocycles. The highest BCUT2D eigenvalue weighted by molar-refractivity contribution is 7.85. The second-order valence-corrected chi connectivity index (χ2v) is 7.49. The lowest BCUT2D eigenvalue weighted by Gasteiger charge is -2.11. The number of aromatic hydroxyl groups is 1. The number of nitrogens with one attached hydrogen (secondary N) is 1. The summed E-state index contributed by atoms with van der Waals surface area (Å²) in [5.41, 5.74) is 0.378. The van der Waals surface area contributed by atoms with Crippen LogP contribution in [0.3, 0.4) is 0 Å². The Kier molecular flexibility index (Phi) is 4.75. The number of hydrogen-bond donors (Lipinski definition) is 3. The zero-order valence-electron chi connectivity index (χ0n) is 14.4. The Bertz CT molecular complexity index is 1240. The van der Waals surface area contributed by atoms with Crippen LogP contribution < -0.4 is 5.32 Å². The highest BCUT2D eigenvalue weighted by atomic mass is 32.2. The van der Waals surface area contributed by atoms with E-state index in [0.29, 0.717) is 10.9 Å². The number of benzene rings is 3. The molecule has 0 saturated carbocycles. The number of amides is 1. The molecule has 0 aromatic heterocycles. The fourth-order valence-electron chi connectivity index (χ4n) is 2.78. The van der Waals surface area contributed by atoms with Crippen molar-refractivity contribution in [1.29, 1.82) is 0 Å². The molecule has 3 rings (SSSR count). The summed E-state index contributed by atoms with van der Waals surface area (Å²) in [4.78, 5) is 22.5. The minimum absolute atomic E-state index is 0.0890. The maximum atomic E-state index is 12.6. The summed E-state index contributed by atoms with van der Waals surface area (Å²) in [7, 11) is -4.56. The van der Waals surface area contributed by atoms with Gasteiger partial charge in [0.2, 0.25) is 0 Å². The topological polar surface area (TPSA) is 147 Å². The molecule has 0 bridgehead atoms. The van der Waals surface area contributed by atoms with E-state index in [9.17, 15) is 33.0 Å². The number of rotatable bonds is 4. The van der Waals surface area contributed by atoms with Crippen LogP contribution in [0.2, 0.25) is 0 Å². The van der Waals surface area contributed by atoms with E-state index in [1.54, 1.807) is 0 Å². The average Bonchev–Trinajstić information content (AvgIpc) is 2.59. The highest BCUT2D eigenvalue weighted by Crippen LogP contribution is 2.31. The molecule has 0 atom stereocenters. The van der Waals surface area contributed by atoms with Crippen LogP contribution in [0.4, 0.5) is 11.4 Å². The van der Waals surface area contributed by atoms with E-state index < -0.39 is 25.8 Å². The van der Waals surface area contributed by atoms with Crippen LogP contribution in [-0.2, 0) is 10.1 Å². The van der Waals surface area contributed by atoms with Crippen LogP contribution in [0.25, 0.3) is 10.8 Å². The molecule has 3 aromatic carbocycles. The minimum Gasteiger partial charge on any atom is -0.508 e. The van der Waals surface area contributed by atoms with Crippen molar-refractivity contribution in [3.8, 4) is 5.75 Å². The molecule has 0 fully saturated rings. The average molecular weight is 402 g/mol. The van der Waals surface area contributed by atoms with Crippen molar-refractivity contribution in [2.75, 3.05) is 5.32 Å². The summed E-state index contributed by atoms with van der Waals surface area (Å²) in [6.07, 6.45) is 0. The quantitative estimate of drug-likeness (QED) is 0.345. The lowest BCUT2D eigenvalue weighted by Crippen LogP contribution is -2.13. The van der Waals surface area contributed by atoms with Gasteiger partial charge in [0.15, 0.2) is 0 Å². The third-order valence-electron chi connectivity index (χ3n) is 4.11. The fourth-order valence-corrected chi connectivity index (χ4v) is 3.32. The molecule has 0 radical (unpaired) electrons. The fraction of sp³-hybridized carbons (Fsp3) is 0.0556. The summed E-state index contributed by atoms with van der Waals surface area (Å²) in [6, 6.07) is 10.2. The highest BCUT2D eigenvalue weighted by Gasteiger charge is 2.18. The van der Waals surface area contributed by atoms with Gasteiger partial charge in [-0.1, -0.05) is 0 Å². The van der Waals surface area contributed by atoms with Gasteiger partial charge < -0.3 is 10.4 Å². The SMILES string of the molecule is Cc1cc(C(=O)Nc2cc(S(=O)(=O)O)cc3cc(O)ccc23)ccc1[N+](=O)[O-]. The van der Waals surface area contributed by atoms with Gasteiger partial charge in [-0.25, -0.2) is 0 Å². The number of carbonyl (C=O) groups is 1. The monoisotopic (exact) mass is 402 g/mol. The molecular formula is C18H14N2O7S. The Hall–Kier alpha value is -3.50. The van der Waals surface area contributed by atoms with E-state index in [1.807, 2.05) is 0 Å². The second kappa shape index (κ2) is 6.91. The lowest BCUT2D eigenvalue weighted by atomic mass is 10.1. The number of fused-ring (bicyclic) bond motifs is 1. The van der Waals surface area contributed by atoms with Crippen molar-refractivity contribution in [2.45, 2.75) is 11.8 Å². The number of nitrogens with zero attached hydrogens (tertiary/aromatic N) is 1. The smallest absolute Gasteiger partial charge is 0.294 e. The third kappa shape index (κ3) is 3.77. The zero-order valence-corrected chi connectivity index (χ0v) is 15.2. The predicted octanol–water partition coefficient (Wildman–Crippen LogP) is 3.26. The summed E-state index contributed by atoms with van der Waals surface area (Å²) in [5, 5.41) is 23.8. The van der Waals surface area contributed by atoms with Crippen molar-refractivity contribution in [3.63, 3.8) is 0 Å². The van der Waals surface area contributed by atoms with E-state index in [4.69, 9.17) is 0 Å². The van der Waals surface area contributed by atoms with Gasteiger partial charge in [-0.15, -0.1) is 0 Å². The van der Waals surface area contributed by atoms with E-state index in [0.717, 1.165) is 12.1 Å². The second-order valence-electron chi connectivity index (χ2n) is 6.06. The van der Waals surface area contributed by atoms with Gasteiger partial charge in [-0.2, -0.15) is 8.42 Å². The van der Waals surface area contributed by atoms with Gasteiger partial charge in [0.05, 0.1) is 15.5 Å². The molecule has 0 saturated heterocycles. The van der Waals surface area contributed by atoms with Gasteiger partial charge in [0.25, 0.3) is 21.7 Å². The van der Waals surface area contributed by atoms with Gasteiger partial charge >= 0.3 is 0 Å². The maximum Gasteiger partial charge on any atom is 0.294 e. The molecule has 3 N–H and O–H groups in total. The van der Waals surface area contributed by atoms with Crippen LogP contribution >= 0.6 is 0 Å². The number of hydrogen-bond acceptors (Lipinski definition) is 6. The van der Waals surface area contributed by atoms with Crippen molar-refractivity contribution in [3.05, 3.63) is 69.8 Å². The summed E-state index contributed by atoms with van der Waals surface area (Å²) >= 11 is 0. The van der Waals surface area contributed by atoms with Gasteiger partial charge in [-0.05, 0) is 54.8 Å². The summed E-state index contributed by atoms with van der Waals surface area (Å²) < 4.78 is 32.4. The largest absolute Gasteiger partial charge is 0.508 e. The van der Waals surface area contributed by atoms with E-state index in [1.165, 1.54) is 43.3 Å². The summed E-state index contributed by atoms with van der Waals surface area (Å²) in [5.74, 6) is -0.747. The molecule has 0 aliphatic rings. The molecule has 0 spiro atoms. The number of carbonyl (C=O) groups excluding carboxylic acids is 1. The molecular weight excluding hydrogens is 388 g/mol. The van der Waals surface area contributed by atoms with Crippen molar-refractivity contribution in [2.24, 2.45) is 0 Å². The van der Waals surface area contributed by atoms with Crippen LogP contribution in [0, 0.1) is 17.0 Å². The Morgan fingerprint density at radius 2 is 1.82 bits per heavy atom. The van der Waals surface area contributed by atoms with E-state index in [-0.39, 0.29) is 28.1 Å². The Morgan fingerprint density at radius 3 is 2.43 bits per heavy atom. The molecule has 3 aromatic rings. The van der Waals surface area contributed by atoms with Gasteiger partial charge in [0.1, 0.15) is 5.75 Å². The first-order valence-electron chi connectivity index (χ1n) is 7.87. The van der Waals surface area contributed by atoms with Crippen LogP contribution in [-0.4, -0.2) is 28.9 Å². The van der Waals surface area contributed by atoms with E-state index in [2.05, 4.69) is 5.32 Å². The molecule has 0 aliphatic carbocycles. The normalized spacial score (nSPS) is 11.4. The van der Waals surface area contributed by atoms with Gasteiger partial charge in [-0.3, -0.25) is 19.5 Å². The number of phenolic OH excluding ortho intramolecular Hbond substituents is 1. The minimum atomic E-state index is -4.56. The maximum absolute atomic E-state index is 12.6. The molecule has 28 heavy (non-hydrogen) atoms. The van der Waals surface area contributed by atoms with Crippen LogP contribution in [0.1, 0.15) is 15.9 Å². The molecule has 0 aliphatic heterocycles. The molecule has 9 nitrogen and oxygen atoms in total. The number of nitro groups is 1. The zero-order chi connectivity index (χ0) is 20.6. The van der Waals surface area contributed by atoms with Crippen molar-refractivity contribution in [1.82, 2.24) is 0 Å². The number of phenols is 1. The van der Waals surface area contributed by atoms with E-state index >= 15 is 0 Å². The molecule has 1 amide bonds. The Morgan fingerprint density at radius 1 is 1.11 bits per heavy atom. The standard InChI is InChI=1S/C18H14N2O7S/c1-10-6-11(2-5-17(10)20(23)24)18(22)19-16-9-14(28(25,26)27)8-12-7-13(21)3-4-15(12)16/h2-9,21H,1H3,(H,19,22)(H,25,26,27). The first-order valence-corrected chi connectivity index (χ1v) is 9.31. The predicted molar refractivity (Wildman–Crippen MR) is 101 cm³/mol. The van der Waals surface area contributed by atoms with Gasteiger partial charge in [0, 0.05) is 22.6 Å². The summed E-state index contributed by atoms with van der Waals surface area (Å²) in [6.45, 7) is 1.49. The number of nitro benzene ring substituents is 1. The lowest BCUT2D eigenvalue weighted by molar-refractivity contribution is -0.385. The number of aryl methyl sites for hydroxylation is 1. The van der Waals surface area contributed by atoms with Crippen LogP contribution in [0.15, 0.2) is 53.4 Å². The number of anilines is 1. The van der Waals surface area contributed by atoms with Crippen LogP contribution in [0.5, 0.6) is 5.75 Å². The Balaban J connectivity index is 2.07. The first-order chi connectivity index (χ1) is 13.1. The molecule has 0 unspecified atom stereocenters. The van der Waals surface area contributed by atoms with Crippen molar-refractivity contribution >= 4 is 38.2 Å². The molecule has 10 heteroatoms. The first kappa shape index (κ1) is 19.3. The molecule has 144 valence electrons. The third-order valence-corrected chi connectivity index (χ3v) is 4.94.